The van der Waals surface area contributed by atoms with Crippen LogP contribution in [0.25, 0.3) is 0 Å². The number of rotatable bonds is 3. The maximum atomic E-state index is 13.2. The molecular formula is C10H9FN2O2. The molecule has 0 unspecified atom stereocenters. The van der Waals surface area contributed by atoms with Crippen LogP contribution in [-0.4, -0.2) is 19.6 Å². The number of amides is 1. The summed E-state index contributed by atoms with van der Waals surface area (Å²) in [5, 5.41) is 10.8. The molecule has 0 saturated carbocycles. The highest BCUT2D eigenvalue weighted by Crippen LogP contribution is 2.14. The van der Waals surface area contributed by atoms with E-state index in [0.717, 1.165) is 6.07 Å². The maximum absolute atomic E-state index is 13.2. The molecule has 0 aliphatic rings. The number of hydrogen-bond acceptors (Lipinski definition) is 3. The molecule has 0 fully saturated rings. The third kappa shape index (κ3) is 3.04. The molecule has 0 aliphatic heterocycles. The van der Waals surface area contributed by atoms with Gasteiger partial charge in [-0.3, -0.25) is 4.79 Å². The third-order valence-corrected chi connectivity index (χ3v) is 1.65. The molecule has 0 saturated heterocycles. The highest BCUT2D eigenvalue weighted by atomic mass is 19.1. The van der Waals surface area contributed by atoms with Crippen molar-refractivity contribution in [1.82, 2.24) is 0 Å². The van der Waals surface area contributed by atoms with Gasteiger partial charge in [-0.25, -0.2) is 4.39 Å². The molecule has 0 spiro atoms. The monoisotopic (exact) mass is 208 g/mol. The lowest BCUT2D eigenvalue weighted by Gasteiger charge is -2.05. The second-order valence-corrected chi connectivity index (χ2v) is 2.79. The fourth-order valence-corrected chi connectivity index (χ4v) is 1.00. The summed E-state index contributed by atoms with van der Waals surface area (Å²) in [4.78, 5) is 11.1. The molecule has 1 N–H and O–H groups in total. The lowest BCUT2D eigenvalue weighted by molar-refractivity contribution is -0.119. The van der Waals surface area contributed by atoms with Gasteiger partial charge < -0.3 is 10.1 Å². The van der Waals surface area contributed by atoms with Crippen molar-refractivity contribution in [1.29, 1.82) is 5.26 Å². The summed E-state index contributed by atoms with van der Waals surface area (Å²) < 4.78 is 17.8. The number of halogens is 1. The van der Waals surface area contributed by atoms with E-state index in [1.54, 1.807) is 6.07 Å². The van der Waals surface area contributed by atoms with E-state index in [4.69, 9.17) is 5.26 Å². The fourth-order valence-electron chi connectivity index (χ4n) is 1.00. The Kier molecular flexibility index (Phi) is 3.77. The summed E-state index contributed by atoms with van der Waals surface area (Å²) in [6, 6.07) is 5.61. The zero-order chi connectivity index (χ0) is 11.3. The van der Waals surface area contributed by atoms with Crippen LogP contribution in [0.3, 0.4) is 0 Å². The molecule has 0 radical (unpaired) electrons. The Labute approximate surface area is 86.3 Å². The van der Waals surface area contributed by atoms with E-state index in [9.17, 15) is 9.18 Å². The van der Waals surface area contributed by atoms with Gasteiger partial charge in [0.15, 0.2) is 0 Å². The number of methoxy groups -OCH3 is 1. The van der Waals surface area contributed by atoms with Crippen molar-refractivity contribution in [3.63, 3.8) is 0 Å². The standard InChI is InChI=1S/C10H9FN2O2/c1-15-6-10(14)13-9-3-2-7(5-12)4-8(9)11/h2-4H,6H2,1H3,(H,13,14). The third-order valence-electron chi connectivity index (χ3n) is 1.65. The molecule has 5 heteroatoms. The van der Waals surface area contributed by atoms with Crippen molar-refractivity contribution >= 4 is 11.6 Å². The van der Waals surface area contributed by atoms with Crippen LogP contribution in [0.1, 0.15) is 5.56 Å². The predicted octanol–water partition coefficient (Wildman–Crippen LogP) is 1.28. The van der Waals surface area contributed by atoms with Crippen molar-refractivity contribution in [3.8, 4) is 6.07 Å². The fraction of sp³-hybridized carbons (Fsp3) is 0.200. The van der Waals surface area contributed by atoms with Crippen molar-refractivity contribution in [2.75, 3.05) is 19.0 Å². The van der Waals surface area contributed by atoms with Gasteiger partial charge in [0.05, 0.1) is 17.3 Å². The maximum Gasteiger partial charge on any atom is 0.250 e. The predicted molar refractivity (Wildman–Crippen MR) is 51.6 cm³/mol. The molecule has 0 bridgehead atoms. The van der Waals surface area contributed by atoms with Gasteiger partial charge in [-0.15, -0.1) is 0 Å². The van der Waals surface area contributed by atoms with E-state index < -0.39 is 11.7 Å². The number of carbonyl (C=O) groups is 1. The van der Waals surface area contributed by atoms with Gasteiger partial charge in [-0.1, -0.05) is 0 Å². The Bertz CT molecular complexity index is 412. The van der Waals surface area contributed by atoms with Crippen molar-refractivity contribution in [3.05, 3.63) is 29.6 Å². The van der Waals surface area contributed by atoms with Crippen LogP contribution in [0.2, 0.25) is 0 Å². The summed E-state index contributed by atoms with van der Waals surface area (Å²) >= 11 is 0. The van der Waals surface area contributed by atoms with E-state index in [1.165, 1.54) is 19.2 Å². The second-order valence-electron chi connectivity index (χ2n) is 2.79. The number of ether oxygens (including phenoxy) is 1. The molecule has 1 aromatic carbocycles. The molecule has 1 rings (SSSR count). The number of nitrogens with one attached hydrogen (secondary N) is 1. The van der Waals surface area contributed by atoms with Crippen molar-refractivity contribution < 1.29 is 13.9 Å². The van der Waals surface area contributed by atoms with E-state index in [2.05, 4.69) is 10.1 Å². The second kappa shape index (κ2) is 5.08. The van der Waals surface area contributed by atoms with Crippen LogP contribution in [0.5, 0.6) is 0 Å². The highest BCUT2D eigenvalue weighted by molar-refractivity contribution is 5.91. The lowest BCUT2D eigenvalue weighted by Crippen LogP contribution is -2.17. The van der Waals surface area contributed by atoms with Gasteiger partial charge >= 0.3 is 0 Å². The smallest absolute Gasteiger partial charge is 0.250 e. The molecule has 0 aromatic heterocycles. The number of carbonyl (C=O) groups excluding carboxylic acids is 1. The minimum absolute atomic E-state index is 0.0380. The Hall–Kier alpha value is -1.93. The van der Waals surface area contributed by atoms with E-state index in [1.807, 2.05) is 0 Å². The van der Waals surface area contributed by atoms with E-state index in [0.29, 0.717) is 0 Å². The first-order valence-corrected chi connectivity index (χ1v) is 4.16. The molecular weight excluding hydrogens is 199 g/mol. The van der Waals surface area contributed by atoms with Gasteiger partial charge in [-0.2, -0.15) is 5.26 Å². The highest BCUT2D eigenvalue weighted by Gasteiger charge is 2.06. The van der Waals surface area contributed by atoms with E-state index in [-0.39, 0.29) is 17.9 Å². The number of nitrogens with zero attached hydrogens (tertiary/aromatic N) is 1. The Morgan fingerprint density at radius 3 is 2.93 bits per heavy atom. The van der Waals surface area contributed by atoms with Crippen LogP contribution >= 0.6 is 0 Å². The molecule has 1 aromatic rings. The molecule has 0 atom stereocenters. The Morgan fingerprint density at radius 1 is 1.67 bits per heavy atom. The summed E-state index contributed by atoms with van der Waals surface area (Å²) in [7, 11) is 1.37. The Morgan fingerprint density at radius 2 is 2.40 bits per heavy atom. The van der Waals surface area contributed by atoms with Crippen LogP contribution in [-0.2, 0) is 9.53 Å². The number of nitriles is 1. The largest absolute Gasteiger partial charge is 0.375 e. The normalized spacial score (nSPS) is 9.40. The van der Waals surface area contributed by atoms with Gasteiger partial charge in [0, 0.05) is 7.11 Å². The van der Waals surface area contributed by atoms with Crippen LogP contribution in [0.4, 0.5) is 10.1 Å². The quantitative estimate of drug-likeness (QED) is 0.813. The summed E-state index contributed by atoms with van der Waals surface area (Å²) in [6.45, 7) is -0.139. The summed E-state index contributed by atoms with van der Waals surface area (Å²) in [5.41, 5.74) is 0.244. The molecule has 78 valence electrons. The minimum atomic E-state index is -0.640. The van der Waals surface area contributed by atoms with Gasteiger partial charge in [0.25, 0.3) is 0 Å². The topological polar surface area (TPSA) is 62.1 Å². The van der Waals surface area contributed by atoms with Crippen LogP contribution < -0.4 is 5.32 Å². The van der Waals surface area contributed by atoms with Crippen molar-refractivity contribution in [2.24, 2.45) is 0 Å². The number of benzene rings is 1. The zero-order valence-electron chi connectivity index (χ0n) is 8.08. The molecule has 15 heavy (non-hydrogen) atoms. The summed E-state index contributed by atoms with van der Waals surface area (Å²) in [6.07, 6.45) is 0. The van der Waals surface area contributed by atoms with Gasteiger partial charge in [-0.05, 0) is 18.2 Å². The first-order valence-electron chi connectivity index (χ1n) is 4.16. The van der Waals surface area contributed by atoms with Gasteiger partial charge in [0.2, 0.25) is 5.91 Å². The zero-order valence-corrected chi connectivity index (χ0v) is 8.08. The van der Waals surface area contributed by atoms with Crippen molar-refractivity contribution in [2.45, 2.75) is 0 Å². The summed E-state index contributed by atoms with van der Waals surface area (Å²) in [5.74, 6) is -1.08. The Balaban J connectivity index is 2.79. The van der Waals surface area contributed by atoms with Gasteiger partial charge in [0.1, 0.15) is 12.4 Å². The van der Waals surface area contributed by atoms with E-state index >= 15 is 0 Å². The number of anilines is 1. The average Bonchev–Trinajstić information content (AvgIpc) is 2.21. The minimum Gasteiger partial charge on any atom is -0.375 e. The number of hydrogen-bond donors (Lipinski definition) is 1. The van der Waals surface area contributed by atoms with Crippen LogP contribution in [0.15, 0.2) is 18.2 Å². The first-order chi connectivity index (χ1) is 7.17. The average molecular weight is 208 g/mol. The molecule has 4 nitrogen and oxygen atoms in total. The molecule has 0 heterocycles. The SMILES string of the molecule is COCC(=O)Nc1ccc(C#N)cc1F. The molecule has 1 amide bonds. The molecule has 0 aliphatic carbocycles. The first kappa shape index (κ1) is 11.1. The van der Waals surface area contributed by atoms with Crippen LogP contribution in [0, 0.1) is 17.1 Å². The lowest BCUT2D eigenvalue weighted by atomic mass is 10.2.